The lowest BCUT2D eigenvalue weighted by atomic mass is 10.2. The van der Waals surface area contributed by atoms with Crippen molar-refractivity contribution in [3.05, 3.63) is 42.0 Å². The first-order valence-electron chi connectivity index (χ1n) is 7.00. The number of aromatic hydroxyl groups is 4. The van der Waals surface area contributed by atoms with Crippen molar-refractivity contribution in [2.24, 2.45) is 0 Å². The lowest BCUT2D eigenvalue weighted by Gasteiger charge is -2.14. The molecule has 0 aliphatic rings. The van der Waals surface area contributed by atoms with Crippen molar-refractivity contribution < 1.29 is 30.3 Å². The van der Waals surface area contributed by atoms with E-state index in [2.05, 4.69) is 5.32 Å². The first kappa shape index (κ1) is 16.7. The molecule has 124 valence electrons. The van der Waals surface area contributed by atoms with Crippen molar-refractivity contribution in [1.29, 1.82) is 0 Å². The SMILES string of the molecule is Oc1ccc(CNCC(O)COc2ccc(O)c(O)c2)cc1O. The maximum Gasteiger partial charge on any atom is 0.161 e. The van der Waals surface area contributed by atoms with Gasteiger partial charge in [0.2, 0.25) is 0 Å². The van der Waals surface area contributed by atoms with Crippen molar-refractivity contribution >= 4 is 0 Å². The lowest BCUT2D eigenvalue weighted by Crippen LogP contribution is -2.31. The Labute approximate surface area is 133 Å². The van der Waals surface area contributed by atoms with Crippen molar-refractivity contribution in [1.82, 2.24) is 5.32 Å². The average Bonchev–Trinajstić information content (AvgIpc) is 2.52. The van der Waals surface area contributed by atoms with Gasteiger partial charge in [0, 0.05) is 19.2 Å². The lowest BCUT2D eigenvalue weighted by molar-refractivity contribution is 0.106. The molecule has 7 heteroatoms. The topological polar surface area (TPSA) is 122 Å². The Morgan fingerprint density at radius 3 is 2.17 bits per heavy atom. The van der Waals surface area contributed by atoms with E-state index < -0.39 is 6.10 Å². The minimum atomic E-state index is -0.781. The smallest absolute Gasteiger partial charge is 0.161 e. The molecule has 0 bridgehead atoms. The summed E-state index contributed by atoms with van der Waals surface area (Å²) in [5.74, 6) is -0.568. The fraction of sp³-hybridized carbons (Fsp3) is 0.250. The normalized spacial score (nSPS) is 12.0. The number of benzene rings is 2. The fourth-order valence-electron chi connectivity index (χ4n) is 1.91. The van der Waals surface area contributed by atoms with E-state index in [1.807, 2.05) is 0 Å². The van der Waals surface area contributed by atoms with Gasteiger partial charge in [-0.05, 0) is 29.8 Å². The summed E-state index contributed by atoms with van der Waals surface area (Å²) in [5.41, 5.74) is 0.761. The van der Waals surface area contributed by atoms with Gasteiger partial charge in [-0.25, -0.2) is 0 Å². The molecule has 6 N–H and O–H groups in total. The standard InChI is InChI=1S/C16H19NO6/c18-11(9-23-12-2-4-14(20)16(22)6-12)8-17-7-10-1-3-13(19)15(21)5-10/h1-6,11,17-22H,7-9H2. The number of nitrogens with one attached hydrogen (secondary N) is 1. The Morgan fingerprint density at radius 1 is 0.870 bits per heavy atom. The van der Waals surface area contributed by atoms with Crippen LogP contribution in [0.25, 0.3) is 0 Å². The molecule has 1 unspecified atom stereocenters. The second-order valence-electron chi connectivity index (χ2n) is 5.07. The van der Waals surface area contributed by atoms with Crippen LogP contribution >= 0.6 is 0 Å². The van der Waals surface area contributed by atoms with Crippen LogP contribution in [0.1, 0.15) is 5.56 Å². The molecule has 0 aliphatic carbocycles. The van der Waals surface area contributed by atoms with Crippen LogP contribution in [-0.4, -0.2) is 44.8 Å². The van der Waals surface area contributed by atoms with Gasteiger partial charge in [0.25, 0.3) is 0 Å². The second kappa shape index (κ2) is 7.57. The summed E-state index contributed by atoms with van der Waals surface area (Å²) >= 11 is 0. The van der Waals surface area contributed by atoms with E-state index in [0.717, 1.165) is 5.56 Å². The van der Waals surface area contributed by atoms with E-state index in [9.17, 15) is 25.5 Å². The molecule has 0 amide bonds. The summed E-state index contributed by atoms with van der Waals surface area (Å²) in [7, 11) is 0. The number of aliphatic hydroxyl groups excluding tert-OH is 1. The van der Waals surface area contributed by atoms with Crippen LogP contribution in [0, 0.1) is 0 Å². The van der Waals surface area contributed by atoms with E-state index in [1.165, 1.54) is 30.3 Å². The highest BCUT2D eigenvalue weighted by molar-refractivity contribution is 5.43. The van der Waals surface area contributed by atoms with Gasteiger partial charge in [0.1, 0.15) is 18.5 Å². The number of ether oxygens (including phenoxy) is 1. The number of phenols is 4. The third kappa shape index (κ3) is 4.94. The van der Waals surface area contributed by atoms with Crippen molar-refractivity contribution in [2.75, 3.05) is 13.2 Å². The quantitative estimate of drug-likeness (QED) is 0.421. The number of phenolic OH excluding ortho intramolecular Hbond substituents is 4. The predicted octanol–water partition coefficient (Wildman–Crippen LogP) is 1.04. The zero-order chi connectivity index (χ0) is 16.8. The van der Waals surface area contributed by atoms with E-state index in [4.69, 9.17) is 4.74 Å². The minimum Gasteiger partial charge on any atom is -0.504 e. The Bertz CT molecular complexity index is 661. The van der Waals surface area contributed by atoms with Crippen molar-refractivity contribution in [3.8, 4) is 28.7 Å². The first-order valence-corrected chi connectivity index (χ1v) is 7.00. The molecule has 0 heterocycles. The highest BCUT2D eigenvalue weighted by atomic mass is 16.5. The van der Waals surface area contributed by atoms with Gasteiger partial charge in [0.15, 0.2) is 23.0 Å². The van der Waals surface area contributed by atoms with Crippen molar-refractivity contribution in [3.63, 3.8) is 0 Å². The molecule has 0 saturated carbocycles. The number of rotatable bonds is 7. The molecule has 0 radical (unpaired) electrons. The summed E-state index contributed by atoms with van der Waals surface area (Å²) in [6.45, 7) is 0.675. The molecule has 2 aromatic carbocycles. The van der Waals surface area contributed by atoms with Crippen LogP contribution in [0.5, 0.6) is 28.7 Å². The Morgan fingerprint density at radius 2 is 1.52 bits per heavy atom. The van der Waals surface area contributed by atoms with Crippen LogP contribution in [0.3, 0.4) is 0 Å². The highest BCUT2D eigenvalue weighted by Gasteiger charge is 2.07. The molecule has 0 spiro atoms. The highest BCUT2D eigenvalue weighted by Crippen LogP contribution is 2.28. The van der Waals surface area contributed by atoms with Crippen LogP contribution in [0.15, 0.2) is 36.4 Å². The van der Waals surface area contributed by atoms with Crippen LogP contribution < -0.4 is 10.1 Å². The molecule has 7 nitrogen and oxygen atoms in total. The molecule has 2 rings (SSSR count). The van der Waals surface area contributed by atoms with Crippen molar-refractivity contribution in [2.45, 2.75) is 12.6 Å². The maximum absolute atomic E-state index is 9.82. The Kier molecular flexibility index (Phi) is 5.51. The summed E-state index contributed by atoms with van der Waals surface area (Å²) in [4.78, 5) is 0. The molecule has 2 aromatic rings. The largest absolute Gasteiger partial charge is 0.504 e. The Hall–Kier alpha value is -2.64. The van der Waals surface area contributed by atoms with Gasteiger partial charge in [0.05, 0.1) is 0 Å². The predicted molar refractivity (Wildman–Crippen MR) is 82.8 cm³/mol. The van der Waals surface area contributed by atoms with Gasteiger partial charge < -0.3 is 35.6 Å². The molecule has 0 aliphatic heterocycles. The minimum absolute atomic E-state index is 0.0119. The monoisotopic (exact) mass is 321 g/mol. The number of aliphatic hydroxyl groups is 1. The number of hydrogen-bond acceptors (Lipinski definition) is 7. The third-order valence-electron chi connectivity index (χ3n) is 3.14. The van der Waals surface area contributed by atoms with Crippen LogP contribution in [-0.2, 0) is 6.54 Å². The van der Waals surface area contributed by atoms with E-state index >= 15 is 0 Å². The van der Waals surface area contributed by atoms with Gasteiger partial charge in [-0.2, -0.15) is 0 Å². The van der Waals surface area contributed by atoms with Gasteiger partial charge in [-0.1, -0.05) is 6.07 Å². The molecule has 0 saturated heterocycles. The molecule has 0 aromatic heterocycles. The van der Waals surface area contributed by atoms with E-state index in [0.29, 0.717) is 12.3 Å². The molecular formula is C16H19NO6. The summed E-state index contributed by atoms with van der Waals surface area (Å²) < 4.78 is 5.31. The number of hydrogen-bond donors (Lipinski definition) is 6. The maximum atomic E-state index is 9.82. The van der Waals surface area contributed by atoms with E-state index in [-0.39, 0.29) is 36.1 Å². The van der Waals surface area contributed by atoms with Crippen LogP contribution in [0.4, 0.5) is 0 Å². The zero-order valence-corrected chi connectivity index (χ0v) is 12.3. The molecule has 0 fully saturated rings. The summed E-state index contributed by atoms with van der Waals surface area (Å²) in [6, 6.07) is 8.52. The fourth-order valence-corrected chi connectivity index (χ4v) is 1.91. The van der Waals surface area contributed by atoms with Crippen LogP contribution in [0.2, 0.25) is 0 Å². The second-order valence-corrected chi connectivity index (χ2v) is 5.07. The van der Waals surface area contributed by atoms with Gasteiger partial charge >= 0.3 is 0 Å². The molecular weight excluding hydrogens is 302 g/mol. The molecule has 23 heavy (non-hydrogen) atoms. The molecule has 1 atom stereocenters. The average molecular weight is 321 g/mol. The zero-order valence-electron chi connectivity index (χ0n) is 12.3. The van der Waals surface area contributed by atoms with Gasteiger partial charge in [-0.15, -0.1) is 0 Å². The summed E-state index contributed by atoms with van der Waals surface area (Å²) in [5, 5.41) is 49.9. The van der Waals surface area contributed by atoms with Gasteiger partial charge in [-0.3, -0.25) is 0 Å². The Balaban J connectivity index is 1.73. The van der Waals surface area contributed by atoms with E-state index in [1.54, 1.807) is 6.07 Å². The first-order chi connectivity index (χ1) is 11.0. The summed E-state index contributed by atoms with van der Waals surface area (Å²) in [6.07, 6.45) is -0.781. The third-order valence-corrected chi connectivity index (χ3v) is 3.14.